The van der Waals surface area contributed by atoms with Crippen LogP contribution in [0.3, 0.4) is 0 Å². The van der Waals surface area contributed by atoms with Crippen LogP contribution < -0.4 is 11.1 Å². The number of hydrogen-bond acceptors (Lipinski definition) is 4. The number of aromatic nitrogens is 1. The zero-order valence-electron chi connectivity index (χ0n) is 9.99. The average Bonchev–Trinajstić information content (AvgIpc) is 2.34. The molecule has 0 radical (unpaired) electrons. The van der Waals surface area contributed by atoms with E-state index in [-0.39, 0.29) is 5.91 Å². The molecule has 6 heteroatoms. The van der Waals surface area contributed by atoms with E-state index in [4.69, 9.17) is 5.73 Å². The zero-order valence-corrected chi connectivity index (χ0v) is 12.4. The van der Waals surface area contributed by atoms with Gasteiger partial charge in [-0.3, -0.25) is 4.79 Å². The van der Waals surface area contributed by atoms with E-state index in [0.717, 1.165) is 17.3 Å². The maximum Gasteiger partial charge on any atom is 0.225 e. The molecule has 3 N–H and O–H groups in total. The van der Waals surface area contributed by atoms with Crippen LogP contribution in [-0.2, 0) is 4.79 Å². The summed E-state index contributed by atoms with van der Waals surface area (Å²) >= 11 is 5.31. The largest absolute Gasteiger partial charge is 0.397 e. The number of nitrogens with zero attached hydrogens (tertiary/aromatic N) is 1. The molecule has 0 atom stereocenters. The highest BCUT2D eigenvalue weighted by atomic mass is 79.9. The van der Waals surface area contributed by atoms with Crippen molar-refractivity contribution in [2.75, 3.05) is 22.6 Å². The van der Waals surface area contributed by atoms with Gasteiger partial charge in [0.15, 0.2) is 0 Å². The molecule has 1 aromatic rings. The standard InChI is InChI=1S/C12H16BrN3OS/c13-10-6-9(14)7-15-12(10)16-11(17)5-8-1-3-18-4-2-8/h6-8H,1-5,14H2,(H,15,16,17). The number of nitrogen functional groups attached to an aromatic ring is 1. The van der Waals surface area contributed by atoms with E-state index in [2.05, 4.69) is 26.2 Å². The summed E-state index contributed by atoms with van der Waals surface area (Å²) in [5.41, 5.74) is 6.17. The van der Waals surface area contributed by atoms with E-state index in [0.29, 0.717) is 23.8 Å². The van der Waals surface area contributed by atoms with Gasteiger partial charge in [-0.25, -0.2) is 4.98 Å². The summed E-state index contributed by atoms with van der Waals surface area (Å²) in [6.07, 6.45) is 4.39. The van der Waals surface area contributed by atoms with Crippen LogP contribution in [0, 0.1) is 5.92 Å². The molecule has 1 aliphatic rings. The molecule has 98 valence electrons. The van der Waals surface area contributed by atoms with Crippen LogP contribution in [0.15, 0.2) is 16.7 Å². The summed E-state index contributed by atoms with van der Waals surface area (Å²) in [6, 6.07) is 1.74. The quantitative estimate of drug-likeness (QED) is 0.894. The summed E-state index contributed by atoms with van der Waals surface area (Å²) in [5.74, 6) is 3.42. The predicted octanol–water partition coefficient (Wildman–Crippen LogP) is 2.90. The second-order valence-corrected chi connectivity index (χ2v) is 6.49. The molecule has 2 rings (SSSR count). The Labute approximate surface area is 119 Å². The predicted molar refractivity (Wildman–Crippen MR) is 79.6 cm³/mol. The maximum atomic E-state index is 11.9. The van der Waals surface area contributed by atoms with Crippen molar-refractivity contribution in [3.05, 3.63) is 16.7 Å². The summed E-state index contributed by atoms with van der Waals surface area (Å²) in [7, 11) is 0. The van der Waals surface area contributed by atoms with Crippen molar-refractivity contribution < 1.29 is 4.79 Å². The van der Waals surface area contributed by atoms with Crippen LogP contribution in [0.1, 0.15) is 19.3 Å². The molecule has 0 saturated carbocycles. The molecule has 1 saturated heterocycles. The number of carbonyl (C=O) groups excluding carboxylic acids is 1. The Kier molecular flexibility index (Phi) is 4.88. The molecule has 1 aliphatic heterocycles. The van der Waals surface area contributed by atoms with Crippen LogP contribution in [0.25, 0.3) is 0 Å². The Balaban J connectivity index is 1.90. The zero-order chi connectivity index (χ0) is 13.0. The molecule has 0 spiro atoms. The Hall–Kier alpha value is -0.750. The molecule has 18 heavy (non-hydrogen) atoms. The van der Waals surface area contributed by atoms with Gasteiger partial charge in [0.25, 0.3) is 0 Å². The number of rotatable bonds is 3. The molecule has 1 aromatic heterocycles. The molecular formula is C12H16BrN3OS. The number of thioether (sulfide) groups is 1. The second-order valence-electron chi connectivity index (χ2n) is 4.41. The van der Waals surface area contributed by atoms with E-state index in [1.54, 1.807) is 6.07 Å². The second kappa shape index (κ2) is 6.43. The van der Waals surface area contributed by atoms with Crippen molar-refractivity contribution in [2.24, 2.45) is 5.92 Å². The lowest BCUT2D eigenvalue weighted by molar-refractivity contribution is -0.117. The third-order valence-corrected chi connectivity index (χ3v) is 4.59. The fourth-order valence-corrected chi connectivity index (χ4v) is 3.61. The van der Waals surface area contributed by atoms with E-state index in [9.17, 15) is 4.79 Å². The van der Waals surface area contributed by atoms with Crippen LogP contribution in [0.2, 0.25) is 0 Å². The van der Waals surface area contributed by atoms with Gasteiger partial charge in [-0.1, -0.05) is 0 Å². The molecule has 0 aliphatic carbocycles. The summed E-state index contributed by atoms with van der Waals surface area (Å²) in [6.45, 7) is 0. The minimum atomic E-state index is 0.0323. The Bertz CT molecular complexity index is 435. The number of halogens is 1. The van der Waals surface area contributed by atoms with Crippen LogP contribution in [0.5, 0.6) is 0 Å². The van der Waals surface area contributed by atoms with Crippen molar-refractivity contribution in [1.29, 1.82) is 0 Å². The highest BCUT2D eigenvalue weighted by Crippen LogP contribution is 2.26. The van der Waals surface area contributed by atoms with Gasteiger partial charge < -0.3 is 11.1 Å². The highest BCUT2D eigenvalue weighted by molar-refractivity contribution is 9.10. The number of nitrogens with two attached hydrogens (primary N) is 1. The average molecular weight is 330 g/mol. The first-order chi connectivity index (χ1) is 8.65. The van der Waals surface area contributed by atoms with Crippen molar-refractivity contribution in [1.82, 2.24) is 4.98 Å². The molecular weight excluding hydrogens is 314 g/mol. The van der Waals surface area contributed by atoms with Gasteiger partial charge >= 0.3 is 0 Å². The van der Waals surface area contributed by atoms with Crippen molar-refractivity contribution in [2.45, 2.75) is 19.3 Å². The lowest BCUT2D eigenvalue weighted by Crippen LogP contribution is -2.20. The van der Waals surface area contributed by atoms with Crippen LogP contribution >= 0.6 is 27.7 Å². The third-order valence-electron chi connectivity index (χ3n) is 2.94. The third kappa shape index (κ3) is 3.88. The number of anilines is 2. The minimum Gasteiger partial charge on any atom is -0.397 e. The number of pyridine rings is 1. The minimum absolute atomic E-state index is 0.0323. The van der Waals surface area contributed by atoms with Gasteiger partial charge in [-0.15, -0.1) is 0 Å². The summed E-state index contributed by atoms with van der Waals surface area (Å²) in [4.78, 5) is 16.0. The first-order valence-corrected chi connectivity index (χ1v) is 7.88. The molecule has 0 bridgehead atoms. The fraction of sp³-hybridized carbons (Fsp3) is 0.500. The highest BCUT2D eigenvalue weighted by Gasteiger charge is 2.18. The normalized spacial score (nSPS) is 16.5. The number of carbonyl (C=O) groups is 1. The molecule has 0 aromatic carbocycles. The van der Waals surface area contributed by atoms with E-state index in [1.807, 2.05) is 11.8 Å². The van der Waals surface area contributed by atoms with E-state index >= 15 is 0 Å². The van der Waals surface area contributed by atoms with Gasteiger partial charge in [0.05, 0.1) is 16.4 Å². The molecule has 1 fully saturated rings. The molecule has 1 amide bonds. The van der Waals surface area contributed by atoms with Crippen LogP contribution in [-0.4, -0.2) is 22.4 Å². The summed E-state index contributed by atoms with van der Waals surface area (Å²) in [5, 5.41) is 2.83. The van der Waals surface area contributed by atoms with Crippen LogP contribution in [0.4, 0.5) is 11.5 Å². The van der Waals surface area contributed by atoms with E-state index < -0.39 is 0 Å². The first-order valence-electron chi connectivity index (χ1n) is 5.94. The van der Waals surface area contributed by atoms with Gasteiger partial charge in [-0.2, -0.15) is 11.8 Å². The Morgan fingerprint density at radius 2 is 2.28 bits per heavy atom. The van der Waals surface area contributed by atoms with Gasteiger partial charge in [0, 0.05) is 6.42 Å². The lowest BCUT2D eigenvalue weighted by Gasteiger charge is -2.20. The van der Waals surface area contributed by atoms with Crippen molar-refractivity contribution in [3.8, 4) is 0 Å². The smallest absolute Gasteiger partial charge is 0.225 e. The van der Waals surface area contributed by atoms with Gasteiger partial charge in [0.1, 0.15) is 5.82 Å². The maximum absolute atomic E-state index is 11.9. The number of amides is 1. The van der Waals surface area contributed by atoms with Gasteiger partial charge in [-0.05, 0) is 52.3 Å². The fourth-order valence-electron chi connectivity index (χ4n) is 1.94. The Morgan fingerprint density at radius 1 is 1.56 bits per heavy atom. The SMILES string of the molecule is Nc1cnc(NC(=O)CC2CCSCC2)c(Br)c1. The van der Waals surface area contributed by atoms with E-state index in [1.165, 1.54) is 17.7 Å². The number of nitrogens with one attached hydrogen (secondary N) is 1. The lowest BCUT2D eigenvalue weighted by atomic mass is 9.98. The van der Waals surface area contributed by atoms with Crippen molar-refractivity contribution >= 4 is 45.1 Å². The van der Waals surface area contributed by atoms with Crippen molar-refractivity contribution in [3.63, 3.8) is 0 Å². The topological polar surface area (TPSA) is 68.0 Å². The molecule has 0 unspecified atom stereocenters. The monoisotopic (exact) mass is 329 g/mol. The first kappa shape index (κ1) is 13.7. The number of hydrogen-bond donors (Lipinski definition) is 2. The Morgan fingerprint density at radius 3 is 2.94 bits per heavy atom. The van der Waals surface area contributed by atoms with Gasteiger partial charge in [0.2, 0.25) is 5.91 Å². The molecule has 4 nitrogen and oxygen atoms in total. The molecule has 2 heterocycles. The summed E-state index contributed by atoms with van der Waals surface area (Å²) < 4.78 is 0.718.